The molecular formula is C17H11BrClN3O. The van der Waals surface area contributed by atoms with Crippen molar-refractivity contribution in [1.29, 1.82) is 5.26 Å². The van der Waals surface area contributed by atoms with E-state index < -0.39 is 0 Å². The fraction of sp³-hybridized carbons (Fsp3) is 0.176. The first-order valence-electron chi connectivity index (χ1n) is 7.21. The van der Waals surface area contributed by atoms with Crippen LogP contribution in [0, 0.1) is 11.3 Å². The van der Waals surface area contributed by atoms with Gasteiger partial charge in [-0.25, -0.2) is 0 Å². The zero-order valence-corrected chi connectivity index (χ0v) is 14.4. The van der Waals surface area contributed by atoms with Gasteiger partial charge in [0, 0.05) is 23.7 Å². The van der Waals surface area contributed by atoms with E-state index in [0.29, 0.717) is 28.5 Å². The van der Waals surface area contributed by atoms with Gasteiger partial charge < -0.3 is 4.74 Å². The molecule has 0 atom stereocenters. The van der Waals surface area contributed by atoms with Gasteiger partial charge >= 0.3 is 0 Å². The summed E-state index contributed by atoms with van der Waals surface area (Å²) < 4.78 is 8.67. The number of aromatic nitrogens is 2. The van der Waals surface area contributed by atoms with Gasteiger partial charge in [0.15, 0.2) is 0 Å². The molecule has 4 nitrogen and oxygen atoms in total. The highest BCUT2D eigenvalue weighted by atomic mass is 79.9. The molecule has 6 heteroatoms. The van der Waals surface area contributed by atoms with Crippen LogP contribution in [0.5, 0.6) is 5.75 Å². The molecule has 0 spiro atoms. The van der Waals surface area contributed by atoms with Crippen LogP contribution in [0.4, 0.5) is 0 Å². The van der Waals surface area contributed by atoms with Crippen LogP contribution >= 0.6 is 27.5 Å². The monoisotopic (exact) mass is 387 g/mol. The molecule has 4 rings (SSSR count). The number of ether oxygens (including phenoxy) is 1. The Kier molecular flexibility index (Phi) is 3.51. The Balaban J connectivity index is 2.22. The van der Waals surface area contributed by atoms with Crippen LogP contribution in [0.3, 0.4) is 0 Å². The van der Waals surface area contributed by atoms with E-state index in [2.05, 4.69) is 27.1 Å². The Morgan fingerprint density at radius 1 is 1.30 bits per heavy atom. The largest absolute Gasteiger partial charge is 0.491 e. The molecular weight excluding hydrogens is 378 g/mol. The lowest BCUT2D eigenvalue weighted by atomic mass is 9.96. The minimum atomic E-state index is 0.535. The van der Waals surface area contributed by atoms with Crippen molar-refractivity contribution in [2.45, 2.75) is 13.0 Å². The minimum Gasteiger partial charge on any atom is -0.491 e. The summed E-state index contributed by atoms with van der Waals surface area (Å²) in [7, 11) is 0. The second-order valence-corrected chi connectivity index (χ2v) is 6.55. The van der Waals surface area contributed by atoms with E-state index in [-0.39, 0.29) is 0 Å². The summed E-state index contributed by atoms with van der Waals surface area (Å²) in [5.74, 6) is 0.559. The van der Waals surface area contributed by atoms with E-state index in [1.165, 1.54) is 0 Å². The molecule has 1 aromatic heterocycles. The van der Waals surface area contributed by atoms with Gasteiger partial charge in [0.05, 0.1) is 39.1 Å². The maximum absolute atomic E-state index is 9.81. The Morgan fingerprint density at radius 3 is 2.87 bits per heavy atom. The predicted molar refractivity (Wildman–Crippen MR) is 92.7 cm³/mol. The molecule has 23 heavy (non-hydrogen) atoms. The lowest BCUT2D eigenvalue weighted by molar-refractivity contribution is 0.295. The zero-order chi connectivity index (χ0) is 16.0. The van der Waals surface area contributed by atoms with Crippen molar-refractivity contribution in [3.05, 3.63) is 45.5 Å². The Labute approximate surface area is 146 Å². The van der Waals surface area contributed by atoms with Gasteiger partial charge in [0.1, 0.15) is 11.8 Å². The van der Waals surface area contributed by atoms with E-state index in [1.54, 1.807) is 6.20 Å². The van der Waals surface area contributed by atoms with E-state index >= 15 is 0 Å². The van der Waals surface area contributed by atoms with Crippen LogP contribution in [-0.2, 0) is 6.54 Å². The molecule has 0 N–H and O–H groups in total. The number of nitriles is 1. The van der Waals surface area contributed by atoms with Gasteiger partial charge in [0.2, 0.25) is 0 Å². The van der Waals surface area contributed by atoms with Crippen molar-refractivity contribution in [3.8, 4) is 23.1 Å². The second-order valence-electron chi connectivity index (χ2n) is 5.32. The van der Waals surface area contributed by atoms with Crippen LogP contribution in [0.15, 0.2) is 34.9 Å². The first-order chi connectivity index (χ1) is 11.2. The molecule has 1 aliphatic rings. The fourth-order valence-electron chi connectivity index (χ4n) is 3.02. The van der Waals surface area contributed by atoms with Gasteiger partial charge in [0.25, 0.3) is 0 Å². The number of fused-ring (bicyclic) bond motifs is 4. The van der Waals surface area contributed by atoms with E-state index in [0.717, 1.165) is 33.9 Å². The SMILES string of the molecule is N#Cc1c2c(c(Cl)c3ccccc13)OCCCn1ncc(Br)c1-2. The second kappa shape index (κ2) is 5.55. The molecule has 2 aromatic carbocycles. The molecule has 0 unspecified atom stereocenters. The normalized spacial score (nSPS) is 13.4. The van der Waals surface area contributed by atoms with Crippen molar-refractivity contribution >= 4 is 38.3 Å². The summed E-state index contributed by atoms with van der Waals surface area (Å²) in [6.07, 6.45) is 2.57. The molecule has 2 heterocycles. The average Bonchev–Trinajstić information content (AvgIpc) is 2.90. The lowest BCUT2D eigenvalue weighted by Gasteiger charge is -2.21. The summed E-state index contributed by atoms with van der Waals surface area (Å²) in [6.45, 7) is 1.27. The van der Waals surface area contributed by atoms with Gasteiger partial charge in [-0.3, -0.25) is 4.68 Å². The number of hydrogen-bond acceptors (Lipinski definition) is 3. The molecule has 0 saturated carbocycles. The smallest absolute Gasteiger partial charge is 0.149 e. The first-order valence-corrected chi connectivity index (χ1v) is 8.38. The Hall–Kier alpha value is -2.03. The highest BCUT2D eigenvalue weighted by Gasteiger charge is 2.26. The van der Waals surface area contributed by atoms with Crippen molar-refractivity contribution in [1.82, 2.24) is 9.78 Å². The maximum Gasteiger partial charge on any atom is 0.149 e. The number of rotatable bonds is 0. The topological polar surface area (TPSA) is 50.8 Å². The molecule has 1 aliphatic heterocycles. The van der Waals surface area contributed by atoms with Gasteiger partial charge in [-0.2, -0.15) is 10.4 Å². The first kappa shape index (κ1) is 14.6. The van der Waals surface area contributed by atoms with Crippen LogP contribution in [-0.4, -0.2) is 16.4 Å². The number of halogens is 2. The molecule has 3 aromatic rings. The van der Waals surface area contributed by atoms with Crippen LogP contribution < -0.4 is 4.74 Å². The Bertz CT molecular complexity index is 974. The Morgan fingerprint density at radius 2 is 2.09 bits per heavy atom. The highest BCUT2D eigenvalue weighted by Crippen LogP contribution is 2.47. The van der Waals surface area contributed by atoms with Crippen molar-refractivity contribution in [2.24, 2.45) is 0 Å². The standard InChI is InChI=1S/C17H11BrClN3O/c18-13-9-21-22-6-3-7-23-17-14(16(13)22)12(8-20)10-4-1-2-5-11(10)15(17)19/h1-2,4-5,9H,3,6-7H2. The van der Waals surface area contributed by atoms with Crippen LogP contribution in [0.25, 0.3) is 22.0 Å². The fourth-order valence-corrected chi connectivity index (χ4v) is 3.83. The number of hydrogen-bond donors (Lipinski definition) is 0. The predicted octanol–water partition coefficient (Wildman–Crippen LogP) is 4.77. The molecule has 0 bridgehead atoms. The van der Waals surface area contributed by atoms with Crippen molar-refractivity contribution in [3.63, 3.8) is 0 Å². The van der Waals surface area contributed by atoms with Crippen LogP contribution in [0.2, 0.25) is 5.02 Å². The molecule has 114 valence electrons. The van der Waals surface area contributed by atoms with Crippen LogP contribution in [0.1, 0.15) is 12.0 Å². The number of nitrogens with zero attached hydrogens (tertiary/aromatic N) is 3. The highest BCUT2D eigenvalue weighted by molar-refractivity contribution is 9.10. The van der Waals surface area contributed by atoms with Gasteiger partial charge in [-0.05, 0) is 15.9 Å². The minimum absolute atomic E-state index is 0.535. The average molecular weight is 389 g/mol. The van der Waals surface area contributed by atoms with Gasteiger partial charge in [-0.15, -0.1) is 0 Å². The van der Waals surface area contributed by atoms with Gasteiger partial charge in [-0.1, -0.05) is 35.9 Å². The summed E-state index contributed by atoms with van der Waals surface area (Å²) in [5, 5.41) is 16.4. The zero-order valence-electron chi connectivity index (χ0n) is 12.0. The summed E-state index contributed by atoms with van der Waals surface area (Å²) in [5.41, 5.74) is 2.11. The molecule has 0 saturated heterocycles. The lowest BCUT2D eigenvalue weighted by Crippen LogP contribution is -2.12. The number of benzene rings is 2. The number of aryl methyl sites for hydroxylation is 1. The quantitative estimate of drug-likeness (QED) is 0.557. The maximum atomic E-state index is 9.81. The van der Waals surface area contributed by atoms with E-state index in [4.69, 9.17) is 16.3 Å². The third-order valence-corrected chi connectivity index (χ3v) is 4.97. The van der Waals surface area contributed by atoms with E-state index in [1.807, 2.05) is 28.9 Å². The summed E-state index contributed by atoms with van der Waals surface area (Å²) >= 11 is 10.2. The molecule has 0 amide bonds. The van der Waals surface area contributed by atoms with Crippen molar-refractivity contribution < 1.29 is 4.74 Å². The molecule has 0 radical (unpaired) electrons. The van der Waals surface area contributed by atoms with Crippen molar-refractivity contribution in [2.75, 3.05) is 6.61 Å². The molecule has 0 fully saturated rings. The third kappa shape index (κ3) is 2.13. The summed E-state index contributed by atoms with van der Waals surface area (Å²) in [4.78, 5) is 0. The third-order valence-electron chi connectivity index (χ3n) is 4.01. The van der Waals surface area contributed by atoms with E-state index in [9.17, 15) is 5.26 Å². The summed E-state index contributed by atoms with van der Waals surface area (Å²) in [6, 6.07) is 9.96. The molecule has 0 aliphatic carbocycles.